The molecule has 0 radical (unpaired) electrons. The largest absolute Gasteiger partial charge is 0.541 e. The third-order valence-electron chi connectivity index (χ3n) is 1.11. The maximum atomic E-state index is 10.9. The van der Waals surface area contributed by atoms with Crippen LogP contribution in [0, 0.1) is 0 Å². The SMILES string of the molecule is CC(=O)CN(C[C-]=O)S(C)(=O)=O.[W]. The maximum absolute atomic E-state index is 10.9. The van der Waals surface area contributed by atoms with E-state index in [1.807, 2.05) is 0 Å². The number of sulfonamides is 1. The van der Waals surface area contributed by atoms with Crippen LogP contribution in [0.3, 0.4) is 0 Å². The van der Waals surface area contributed by atoms with Gasteiger partial charge < -0.3 is 4.79 Å². The minimum atomic E-state index is -3.47. The average molecular weight is 376 g/mol. The molecule has 5 nitrogen and oxygen atoms in total. The summed E-state index contributed by atoms with van der Waals surface area (Å²) in [6.07, 6.45) is 2.36. The van der Waals surface area contributed by atoms with Crippen LogP contribution < -0.4 is 0 Å². The Morgan fingerprint density at radius 1 is 1.46 bits per heavy atom. The summed E-state index contributed by atoms with van der Waals surface area (Å²) < 4.78 is 22.5. The van der Waals surface area contributed by atoms with Crippen LogP contribution in [0.2, 0.25) is 0 Å². The molecule has 0 unspecified atom stereocenters. The van der Waals surface area contributed by atoms with E-state index in [1.54, 1.807) is 0 Å². The molecule has 7 heteroatoms. The first-order chi connectivity index (χ1) is 5.38. The van der Waals surface area contributed by atoms with Crippen molar-refractivity contribution in [3.05, 3.63) is 0 Å². The van der Waals surface area contributed by atoms with Crippen LogP contribution in [-0.2, 0) is 40.7 Å². The molecule has 0 heterocycles. The van der Waals surface area contributed by atoms with E-state index in [-0.39, 0.29) is 33.4 Å². The summed E-state index contributed by atoms with van der Waals surface area (Å²) in [5, 5.41) is 0. The summed E-state index contributed by atoms with van der Waals surface area (Å²) in [6, 6.07) is 0. The minimum absolute atomic E-state index is 0. The van der Waals surface area contributed by atoms with Crippen LogP contribution in [0.5, 0.6) is 0 Å². The van der Waals surface area contributed by atoms with Gasteiger partial charge in [0.25, 0.3) is 0 Å². The van der Waals surface area contributed by atoms with E-state index in [2.05, 4.69) is 0 Å². The van der Waals surface area contributed by atoms with Gasteiger partial charge in [-0.25, -0.2) is 19.0 Å². The third kappa shape index (κ3) is 7.04. The maximum Gasteiger partial charge on any atom is 0.209 e. The van der Waals surface area contributed by atoms with Crippen molar-refractivity contribution in [2.24, 2.45) is 0 Å². The second-order valence-corrected chi connectivity index (χ2v) is 4.36. The summed E-state index contributed by atoms with van der Waals surface area (Å²) in [6.45, 7) is 0.593. The Morgan fingerprint density at radius 3 is 2.15 bits per heavy atom. The summed E-state index contributed by atoms with van der Waals surface area (Å²) in [5.74, 6) is -0.310. The summed E-state index contributed by atoms with van der Waals surface area (Å²) in [4.78, 5) is 20.4. The molecule has 0 N–H and O–H groups in total. The number of carbonyl (C=O) groups is 1. The van der Waals surface area contributed by atoms with Gasteiger partial charge in [0.1, 0.15) is 5.78 Å². The van der Waals surface area contributed by atoms with Crippen molar-refractivity contribution in [2.75, 3.05) is 19.3 Å². The van der Waals surface area contributed by atoms with Gasteiger partial charge in [0, 0.05) is 21.1 Å². The molecule has 0 aromatic carbocycles. The van der Waals surface area contributed by atoms with Crippen LogP contribution >= 0.6 is 0 Å². The van der Waals surface area contributed by atoms with E-state index in [4.69, 9.17) is 0 Å². The molecule has 0 fully saturated rings. The van der Waals surface area contributed by atoms with E-state index in [9.17, 15) is 18.0 Å². The van der Waals surface area contributed by atoms with Gasteiger partial charge in [0.2, 0.25) is 10.0 Å². The monoisotopic (exact) mass is 376 g/mol. The standard InChI is InChI=1S/C6H10NO4S.W/c1-6(9)5-7(3-4-8)12(2,10)11;/h3,5H2,1-2H3;/q-1;. The summed E-state index contributed by atoms with van der Waals surface area (Å²) in [5.41, 5.74) is 0. The Labute approximate surface area is 91.8 Å². The topological polar surface area (TPSA) is 71.5 Å². The fraction of sp³-hybridized carbons (Fsp3) is 0.667. The molecule has 0 bridgehead atoms. The molecule has 0 aromatic heterocycles. The van der Waals surface area contributed by atoms with Gasteiger partial charge in [-0.05, 0) is 6.92 Å². The minimum Gasteiger partial charge on any atom is -0.541 e. The number of hydrogen-bond acceptors (Lipinski definition) is 4. The molecular formula is C6H10NO4SW-. The van der Waals surface area contributed by atoms with Crippen molar-refractivity contribution in [2.45, 2.75) is 6.92 Å². The van der Waals surface area contributed by atoms with Crippen LogP contribution in [0.25, 0.3) is 0 Å². The Bertz CT molecular complexity index is 274. The van der Waals surface area contributed by atoms with E-state index in [1.165, 1.54) is 13.2 Å². The number of rotatable bonds is 5. The zero-order valence-electron chi connectivity index (χ0n) is 7.31. The van der Waals surface area contributed by atoms with Crippen LogP contribution in [-0.4, -0.2) is 44.1 Å². The Kier molecular flexibility index (Phi) is 7.59. The second kappa shape index (κ2) is 6.40. The molecule has 0 atom stereocenters. The Hall–Kier alpha value is -0.0617. The molecule has 0 saturated heterocycles. The van der Waals surface area contributed by atoms with Crippen LogP contribution in [0.15, 0.2) is 0 Å². The quantitative estimate of drug-likeness (QED) is 0.574. The van der Waals surface area contributed by atoms with Gasteiger partial charge in [-0.3, -0.25) is 4.79 Å². The van der Waals surface area contributed by atoms with Crippen LogP contribution in [0.4, 0.5) is 0 Å². The molecule has 0 spiro atoms. The first-order valence-electron chi connectivity index (χ1n) is 3.17. The second-order valence-electron chi connectivity index (χ2n) is 2.38. The number of nitrogens with zero attached hydrogens (tertiary/aromatic N) is 1. The fourth-order valence-corrected chi connectivity index (χ4v) is 1.31. The normalized spacial score (nSPS) is 10.7. The molecule has 0 amide bonds. The van der Waals surface area contributed by atoms with Crippen molar-refractivity contribution in [1.29, 1.82) is 0 Å². The zero-order valence-corrected chi connectivity index (χ0v) is 11.1. The molecule has 0 aliphatic rings. The third-order valence-corrected chi connectivity index (χ3v) is 2.31. The summed E-state index contributed by atoms with van der Waals surface area (Å²) in [7, 11) is -3.47. The smallest absolute Gasteiger partial charge is 0.209 e. The van der Waals surface area contributed by atoms with Gasteiger partial charge in [-0.2, -0.15) is 0 Å². The van der Waals surface area contributed by atoms with Crippen molar-refractivity contribution >= 4 is 22.1 Å². The molecule has 0 aromatic rings. The van der Waals surface area contributed by atoms with Crippen molar-refractivity contribution in [1.82, 2.24) is 4.31 Å². The summed E-state index contributed by atoms with van der Waals surface area (Å²) >= 11 is 0. The van der Waals surface area contributed by atoms with Gasteiger partial charge in [-0.15, -0.1) is 0 Å². The zero-order chi connectivity index (χ0) is 9.78. The van der Waals surface area contributed by atoms with E-state index < -0.39 is 16.6 Å². The molecule has 0 aliphatic heterocycles. The number of hydrogen-bond donors (Lipinski definition) is 0. The molecule has 76 valence electrons. The number of ketones is 1. The molecule has 0 saturated carbocycles. The van der Waals surface area contributed by atoms with Gasteiger partial charge in [-0.1, -0.05) is 6.54 Å². The van der Waals surface area contributed by atoms with Gasteiger partial charge in [0.15, 0.2) is 0 Å². The molecule has 0 aliphatic carbocycles. The first-order valence-corrected chi connectivity index (χ1v) is 5.02. The van der Waals surface area contributed by atoms with Crippen molar-refractivity contribution < 1.29 is 39.1 Å². The predicted molar refractivity (Wildman–Crippen MR) is 42.8 cm³/mol. The number of carbonyl (C=O) groups excluding carboxylic acids is 2. The first kappa shape index (κ1) is 15.4. The molecular weight excluding hydrogens is 366 g/mol. The van der Waals surface area contributed by atoms with Crippen molar-refractivity contribution in [3.63, 3.8) is 0 Å². The van der Waals surface area contributed by atoms with Gasteiger partial charge >= 0.3 is 0 Å². The average Bonchev–Trinajstić information content (AvgIpc) is 1.83. The van der Waals surface area contributed by atoms with Crippen molar-refractivity contribution in [3.8, 4) is 0 Å². The predicted octanol–water partition coefficient (Wildman–Crippen LogP) is -1.06. The Balaban J connectivity index is 0. The van der Waals surface area contributed by atoms with Gasteiger partial charge in [0.05, 0.1) is 12.8 Å². The Morgan fingerprint density at radius 2 is 1.92 bits per heavy atom. The van der Waals surface area contributed by atoms with E-state index in [0.717, 1.165) is 10.6 Å². The van der Waals surface area contributed by atoms with Crippen LogP contribution in [0.1, 0.15) is 6.92 Å². The fourth-order valence-electron chi connectivity index (χ4n) is 0.611. The van der Waals surface area contributed by atoms with E-state index >= 15 is 0 Å². The van der Waals surface area contributed by atoms with E-state index in [0.29, 0.717) is 0 Å². The molecule has 13 heavy (non-hydrogen) atoms. The molecule has 0 rings (SSSR count). The number of Topliss-reactive ketones (excluding diaryl/α,β-unsaturated/α-hetero) is 1.